The van der Waals surface area contributed by atoms with Crippen molar-refractivity contribution in [1.29, 1.82) is 0 Å². The van der Waals surface area contributed by atoms with Crippen LogP contribution < -0.4 is 10.6 Å². The molecule has 2 saturated heterocycles. The number of hydrogen-bond acceptors (Lipinski definition) is 5. The fourth-order valence-corrected chi connectivity index (χ4v) is 6.79. The molecule has 3 aromatic carbocycles. The number of benzene rings is 3. The number of phenolic OH excluding ortho intramolecular Hbond substituents is 1. The summed E-state index contributed by atoms with van der Waals surface area (Å²) in [6.45, 7) is 8.26. The highest BCUT2D eigenvalue weighted by molar-refractivity contribution is 6.03. The normalized spacial score (nSPS) is 19.1. The van der Waals surface area contributed by atoms with Gasteiger partial charge in [0.15, 0.2) is 0 Å². The van der Waals surface area contributed by atoms with Gasteiger partial charge in [-0.2, -0.15) is 0 Å². The summed E-state index contributed by atoms with van der Waals surface area (Å²) in [7, 11) is 0. The lowest BCUT2D eigenvalue weighted by molar-refractivity contribution is 0.0374. The van der Waals surface area contributed by atoms with Crippen molar-refractivity contribution in [3.8, 4) is 5.75 Å². The Labute approximate surface area is 248 Å². The molecular weight excluding hydrogens is 524 g/mol. The molecule has 220 valence electrons. The summed E-state index contributed by atoms with van der Waals surface area (Å²) in [5, 5.41) is 18.2. The van der Waals surface area contributed by atoms with Crippen LogP contribution in [0.5, 0.6) is 5.75 Å². The van der Waals surface area contributed by atoms with Crippen LogP contribution in [0, 0.1) is 0 Å². The highest BCUT2D eigenvalue weighted by Crippen LogP contribution is 2.42. The number of ether oxygens (including phenoxy) is 1. The van der Waals surface area contributed by atoms with E-state index in [1.807, 2.05) is 18.2 Å². The van der Waals surface area contributed by atoms with Crippen molar-refractivity contribution in [2.24, 2.45) is 0 Å². The Bertz CT molecular complexity index is 1470. The molecule has 7 nitrogen and oxygen atoms in total. The van der Waals surface area contributed by atoms with Crippen molar-refractivity contribution >= 4 is 16.8 Å². The second-order valence-electron chi connectivity index (χ2n) is 11.6. The maximum atomic E-state index is 14.4. The van der Waals surface area contributed by atoms with Crippen LogP contribution in [0.2, 0.25) is 0 Å². The molecule has 3 unspecified atom stereocenters. The van der Waals surface area contributed by atoms with Crippen molar-refractivity contribution in [3.63, 3.8) is 0 Å². The highest BCUT2D eigenvalue weighted by atomic mass is 16.5. The van der Waals surface area contributed by atoms with Crippen LogP contribution in [0.25, 0.3) is 10.9 Å². The summed E-state index contributed by atoms with van der Waals surface area (Å²) in [5.41, 5.74) is 4.96. The van der Waals surface area contributed by atoms with E-state index in [-0.39, 0.29) is 23.6 Å². The molecule has 0 aliphatic carbocycles. The molecule has 0 spiro atoms. The van der Waals surface area contributed by atoms with Gasteiger partial charge in [-0.15, -0.1) is 0 Å². The van der Waals surface area contributed by atoms with Crippen LogP contribution in [0.3, 0.4) is 0 Å². The molecule has 6 rings (SSSR count). The van der Waals surface area contributed by atoms with Gasteiger partial charge in [-0.1, -0.05) is 60.7 Å². The SMILES string of the molecule is CC(C1CCCN1)n1c(C(=O)NCCCN2CCOCC2)c(C(c2ccccc2)c2ccc(O)cc2)c2ccccc21. The summed E-state index contributed by atoms with van der Waals surface area (Å²) < 4.78 is 7.78. The maximum Gasteiger partial charge on any atom is 0.268 e. The quantitative estimate of drug-likeness (QED) is 0.227. The molecule has 3 N–H and O–H groups in total. The number of fused-ring (bicyclic) bond motifs is 1. The Hall–Kier alpha value is -3.65. The average molecular weight is 567 g/mol. The van der Waals surface area contributed by atoms with Crippen molar-refractivity contribution in [1.82, 2.24) is 20.1 Å². The Morgan fingerprint density at radius 3 is 2.45 bits per heavy atom. The molecule has 2 aliphatic rings. The second-order valence-corrected chi connectivity index (χ2v) is 11.6. The van der Waals surface area contributed by atoms with Crippen molar-refractivity contribution in [3.05, 3.63) is 101 Å². The lowest BCUT2D eigenvalue weighted by Gasteiger charge is -2.27. The van der Waals surface area contributed by atoms with E-state index in [9.17, 15) is 9.90 Å². The Balaban J connectivity index is 1.45. The molecule has 2 fully saturated rings. The van der Waals surface area contributed by atoms with Gasteiger partial charge in [-0.25, -0.2) is 0 Å². The zero-order valence-corrected chi connectivity index (χ0v) is 24.5. The number of phenols is 1. The topological polar surface area (TPSA) is 78.8 Å². The fraction of sp³-hybridized carbons (Fsp3) is 0.400. The highest BCUT2D eigenvalue weighted by Gasteiger charge is 2.34. The van der Waals surface area contributed by atoms with Gasteiger partial charge < -0.3 is 25.0 Å². The van der Waals surface area contributed by atoms with Crippen molar-refractivity contribution < 1.29 is 14.6 Å². The molecule has 0 radical (unpaired) electrons. The number of rotatable bonds is 10. The molecule has 7 heteroatoms. The first-order valence-electron chi connectivity index (χ1n) is 15.4. The molecule has 0 bridgehead atoms. The van der Waals surface area contributed by atoms with Crippen LogP contribution >= 0.6 is 0 Å². The fourth-order valence-electron chi connectivity index (χ4n) is 6.79. The van der Waals surface area contributed by atoms with E-state index in [4.69, 9.17) is 4.74 Å². The van der Waals surface area contributed by atoms with Gasteiger partial charge in [0.05, 0.1) is 13.2 Å². The number of aromatic hydroxyl groups is 1. The molecular formula is C35H42N4O3. The third kappa shape index (κ3) is 5.95. The third-order valence-corrected chi connectivity index (χ3v) is 8.94. The van der Waals surface area contributed by atoms with Gasteiger partial charge in [0, 0.05) is 54.1 Å². The average Bonchev–Trinajstić information content (AvgIpc) is 3.69. The Morgan fingerprint density at radius 2 is 1.71 bits per heavy atom. The van der Waals surface area contributed by atoms with E-state index >= 15 is 0 Å². The molecule has 0 saturated carbocycles. The number of nitrogens with one attached hydrogen (secondary N) is 2. The van der Waals surface area contributed by atoms with Gasteiger partial charge in [0.1, 0.15) is 11.4 Å². The van der Waals surface area contributed by atoms with Gasteiger partial charge >= 0.3 is 0 Å². The third-order valence-electron chi connectivity index (χ3n) is 8.94. The van der Waals surface area contributed by atoms with Crippen molar-refractivity contribution in [2.45, 2.75) is 44.2 Å². The zero-order chi connectivity index (χ0) is 28.9. The number of nitrogens with zero attached hydrogens (tertiary/aromatic N) is 2. The molecule has 3 heterocycles. The molecule has 1 aromatic heterocycles. The number of aromatic nitrogens is 1. The van der Waals surface area contributed by atoms with Crippen LogP contribution in [0.15, 0.2) is 78.9 Å². The summed E-state index contributed by atoms with van der Waals surface area (Å²) in [6, 6.07) is 26.7. The van der Waals surface area contributed by atoms with E-state index < -0.39 is 0 Å². The van der Waals surface area contributed by atoms with Crippen LogP contribution in [0.1, 0.15) is 65.3 Å². The predicted octanol–water partition coefficient (Wildman–Crippen LogP) is 5.29. The number of morpholine rings is 1. The number of amides is 1. The monoisotopic (exact) mass is 566 g/mol. The molecule has 42 heavy (non-hydrogen) atoms. The van der Waals surface area contributed by atoms with E-state index in [1.54, 1.807) is 12.1 Å². The zero-order valence-electron chi connectivity index (χ0n) is 24.5. The number of carbonyl (C=O) groups excluding carboxylic acids is 1. The number of hydrogen-bond donors (Lipinski definition) is 3. The van der Waals surface area contributed by atoms with E-state index in [1.165, 1.54) is 0 Å². The Morgan fingerprint density at radius 1 is 1.00 bits per heavy atom. The lowest BCUT2D eigenvalue weighted by atomic mass is 9.83. The number of carbonyl (C=O) groups is 1. The van der Waals surface area contributed by atoms with Crippen LogP contribution in [0.4, 0.5) is 0 Å². The first kappa shape index (κ1) is 28.5. The Kier molecular flexibility index (Phi) is 8.89. The van der Waals surface area contributed by atoms with Crippen LogP contribution in [-0.4, -0.2) is 72.5 Å². The predicted molar refractivity (Wildman–Crippen MR) is 167 cm³/mol. The summed E-state index contributed by atoms with van der Waals surface area (Å²) >= 11 is 0. The van der Waals surface area contributed by atoms with Crippen molar-refractivity contribution in [2.75, 3.05) is 45.9 Å². The van der Waals surface area contributed by atoms with Crippen LogP contribution in [-0.2, 0) is 4.74 Å². The lowest BCUT2D eigenvalue weighted by Crippen LogP contribution is -2.38. The van der Waals surface area contributed by atoms with Gasteiger partial charge in [-0.3, -0.25) is 9.69 Å². The second kappa shape index (κ2) is 13.1. The van der Waals surface area contributed by atoms with E-state index in [0.29, 0.717) is 12.6 Å². The number of para-hydroxylation sites is 1. The summed E-state index contributed by atoms with van der Waals surface area (Å²) in [4.78, 5) is 16.8. The van der Waals surface area contributed by atoms with Gasteiger partial charge in [0.25, 0.3) is 5.91 Å². The minimum absolute atomic E-state index is 0.0345. The largest absolute Gasteiger partial charge is 0.508 e. The van der Waals surface area contributed by atoms with E-state index in [2.05, 4.69) is 75.6 Å². The minimum atomic E-state index is -0.184. The standard InChI is InChI=1S/C35H42N4O3/c1-25(30-12-7-18-36-30)39-31-13-6-5-11-29(31)33(34(39)35(41)37-19-8-20-38-21-23-42-24-22-38)32(26-9-3-2-4-10-26)27-14-16-28(40)17-15-27/h2-6,9-11,13-17,25,30,32,36,40H,7-8,12,18-24H2,1H3,(H,37,41). The molecule has 3 atom stereocenters. The molecule has 1 amide bonds. The minimum Gasteiger partial charge on any atom is -0.508 e. The van der Waals surface area contributed by atoms with Gasteiger partial charge in [-0.05, 0) is 68.6 Å². The summed E-state index contributed by atoms with van der Waals surface area (Å²) in [6.07, 6.45) is 3.12. The smallest absolute Gasteiger partial charge is 0.268 e. The first-order valence-corrected chi connectivity index (χ1v) is 15.4. The molecule has 4 aromatic rings. The van der Waals surface area contributed by atoms with E-state index in [0.717, 1.165) is 91.9 Å². The maximum absolute atomic E-state index is 14.4. The first-order chi connectivity index (χ1) is 20.6. The summed E-state index contributed by atoms with van der Waals surface area (Å²) in [5.74, 6) is 0.00988. The molecule has 2 aliphatic heterocycles. The van der Waals surface area contributed by atoms with Gasteiger partial charge in [0.2, 0.25) is 0 Å².